The quantitative estimate of drug-likeness (QED) is 0.661. The molecule has 3 atom stereocenters. The third-order valence-corrected chi connectivity index (χ3v) is 8.51. The molecule has 3 fully saturated rings. The van der Waals surface area contributed by atoms with Gasteiger partial charge in [0.15, 0.2) is 0 Å². The lowest BCUT2D eigenvalue weighted by atomic mass is 9.43. The van der Waals surface area contributed by atoms with Crippen LogP contribution in [0.15, 0.2) is 18.2 Å². The number of hydrogen-bond donors (Lipinski definition) is 1. The number of fused-ring (bicyclic) bond motifs is 1. The molecule has 1 N–H and O–H groups in total. The van der Waals surface area contributed by atoms with Crippen LogP contribution in [-0.2, 0) is 4.79 Å². The number of anilines is 1. The Morgan fingerprint density at radius 2 is 1.95 bits per heavy atom. The highest BCUT2D eigenvalue weighted by atomic mass is 79.9. The Bertz CT molecular complexity index is 633. The number of nitrogens with one attached hydrogen (secondary N) is 1. The molecule has 0 radical (unpaired) electrons. The van der Waals surface area contributed by atoms with Crippen LogP contribution >= 0.6 is 39.1 Å². The zero-order chi connectivity index (χ0) is 15.6. The number of hydrogen-bond acceptors (Lipinski definition) is 1. The van der Waals surface area contributed by atoms with Crippen molar-refractivity contribution >= 4 is 50.7 Å². The SMILES string of the molecule is CC1(C)[C@@]2(C)CC[C@]1(C(=O)Nc1cc(Cl)ccc1Cl)[C@@H]2Br. The Kier molecular flexibility index (Phi) is 3.44. The average Bonchev–Trinajstić information content (AvgIpc) is 2.82. The molecule has 114 valence electrons. The van der Waals surface area contributed by atoms with Gasteiger partial charge in [-0.1, -0.05) is 59.9 Å². The van der Waals surface area contributed by atoms with Crippen LogP contribution in [0.25, 0.3) is 0 Å². The number of halogens is 3. The first kappa shape index (κ1) is 15.6. The maximum absolute atomic E-state index is 13.0. The molecule has 3 saturated carbocycles. The second-order valence-electron chi connectivity index (χ2n) is 6.95. The van der Waals surface area contributed by atoms with Gasteiger partial charge in [-0.2, -0.15) is 0 Å². The maximum Gasteiger partial charge on any atom is 0.232 e. The molecule has 3 aliphatic rings. The van der Waals surface area contributed by atoms with Crippen molar-refractivity contribution in [3.8, 4) is 0 Å². The van der Waals surface area contributed by atoms with Gasteiger partial charge in [-0.25, -0.2) is 0 Å². The van der Waals surface area contributed by atoms with E-state index in [1.165, 1.54) is 0 Å². The van der Waals surface area contributed by atoms with Crippen LogP contribution in [0.1, 0.15) is 33.6 Å². The van der Waals surface area contributed by atoms with Crippen molar-refractivity contribution in [2.45, 2.75) is 38.4 Å². The van der Waals surface area contributed by atoms with Crippen LogP contribution in [0.2, 0.25) is 10.0 Å². The molecule has 1 aromatic rings. The van der Waals surface area contributed by atoms with Crippen molar-refractivity contribution in [1.29, 1.82) is 0 Å². The number of carbonyl (C=O) groups is 1. The molecular formula is C16H18BrCl2NO. The minimum Gasteiger partial charge on any atom is -0.324 e. The Morgan fingerprint density at radius 3 is 2.48 bits per heavy atom. The van der Waals surface area contributed by atoms with Crippen LogP contribution in [0.3, 0.4) is 0 Å². The lowest BCUT2D eigenvalue weighted by molar-refractivity contribution is -0.155. The molecule has 4 rings (SSSR count). The number of benzene rings is 1. The van der Waals surface area contributed by atoms with Crippen LogP contribution in [0, 0.1) is 16.2 Å². The Morgan fingerprint density at radius 1 is 1.29 bits per heavy atom. The first-order valence-electron chi connectivity index (χ1n) is 7.07. The molecule has 1 aromatic carbocycles. The number of alkyl halides is 1. The van der Waals surface area contributed by atoms with Crippen LogP contribution < -0.4 is 5.32 Å². The fourth-order valence-electron chi connectivity index (χ4n) is 4.28. The maximum atomic E-state index is 13.0. The van der Waals surface area contributed by atoms with Gasteiger partial charge in [-0.3, -0.25) is 4.79 Å². The molecule has 3 aliphatic carbocycles. The van der Waals surface area contributed by atoms with E-state index < -0.39 is 0 Å². The smallest absolute Gasteiger partial charge is 0.232 e. The molecule has 2 nitrogen and oxygen atoms in total. The van der Waals surface area contributed by atoms with Gasteiger partial charge in [0, 0.05) is 9.85 Å². The summed E-state index contributed by atoms with van der Waals surface area (Å²) >= 11 is 15.9. The van der Waals surface area contributed by atoms with E-state index in [1.54, 1.807) is 18.2 Å². The summed E-state index contributed by atoms with van der Waals surface area (Å²) in [6, 6.07) is 5.11. The van der Waals surface area contributed by atoms with Crippen molar-refractivity contribution in [1.82, 2.24) is 0 Å². The van der Waals surface area contributed by atoms with Gasteiger partial charge in [0.25, 0.3) is 0 Å². The standard InChI is InChI=1S/C16H18BrCl2NO/c1-14(2)15(3)6-7-16(14,12(15)17)13(21)20-11-8-9(18)4-5-10(11)19/h4-5,8,12H,6-7H2,1-3H3,(H,20,21)/t12-,15+,16-/m1/s1. The zero-order valence-electron chi connectivity index (χ0n) is 12.3. The van der Waals surface area contributed by atoms with Crippen LogP contribution in [-0.4, -0.2) is 10.7 Å². The van der Waals surface area contributed by atoms with Crippen molar-refractivity contribution < 1.29 is 4.79 Å². The van der Waals surface area contributed by atoms with E-state index >= 15 is 0 Å². The summed E-state index contributed by atoms with van der Waals surface area (Å²) < 4.78 is 0. The summed E-state index contributed by atoms with van der Waals surface area (Å²) in [5, 5.41) is 4.06. The van der Waals surface area contributed by atoms with Crippen molar-refractivity contribution in [3.63, 3.8) is 0 Å². The van der Waals surface area contributed by atoms with Crippen molar-refractivity contribution in [2.75, 3.05) is 5.32 Å². The molecule has 0 saturated heterocycles. The fourth-order valence-corrected chi connectivity index (χ4v) is 6.43. The summed E-state index contributed by atoms with van der Waals surface area (Å²) in [5.74, 6) is 0.0357. The van der Waals surface area contributed by atoms with Gasteiger partial charge in [0.05, 0.1) is 16.1 Å². The van der Waals surface area contributed by atoms with E-state index in [0.29, 0.717) is 15.7 Å². The molecule has 5 heteroatoms. The molecule has 2 bridgehead atoms. The average molecular weight is 391 g/mol. The van der Waals surface area contributed by atoms with Gasteiger partial charge in [-0.05, 0) is 41.9 Å². The number of carbonyl (C=O) groups excluding carboxylic acids is 1. The topological polar surface area (TPSA) is 29.1 Å². The van der Waals surface area contributed by atoms with Gasteiger partial charge < -0.3 is 5.32 Å². The third kappa shape index (κ3) is 1.74. The van der Waals surface area contributed by atoms with Crippen molar-refractivity contribution in [2.24, 2.45) is 16.2 Å². The predicted octanol–water partition coefficient (Wildman–Crippen LogP) is 5.52. The Hall–Kier alpha value is -0.250. The summed E-state index contributed by atoms with van der Waals surface area (Å²) in [7, 11) is 0. The van der Waals surface area contributed by atoms with Crippen LogP contribution in [0.4, 0.5) is 5.69 Å². The van der Waals surface area contributed by atoms with Crippen LogP contribution in [0.5, 0.6) is 0 Å². The molecule has 1 amide bonds. The first-order chi connectivity index (χ1) is 9.67. The van der Waals surface area contributed by atoms with Gasteiger partial charge >= 0.3 is 0 Å². The highest BCUT2D eigenvalue weighted by Gasteiger charge is 2.80. The molecular weight excluding hydrogens is 373 g/mol. The highest BCUT2D eigenvalue weighted by molar-refractivity contribution is 9.09. The highest BCUT2D eigenvalue weighted by Crippen LogP contribution is 2.79. The number of rotatable bonds is 2. The fraction of sp³-hybridized carbons (Fsp3) is 0.562. The summed E-state index contributed by atoms with van der Waals surface area (Å²) in [5.41, 5.74) is 0.332. The summed E-state index contributed by atoms with van der Waals surface area (Å²) in [6.45, 7) is 6.64. The van der Waals surface area contributed by atoms with Gasteiger partial charge in [0.1, 0.15) is 0 Å². The van der Waals surface area contributed by atoms with E-state index in [1.807, 2.05) is 0 Å². The molecule has 0 aromatic heterocycles. The van der Waals surface area contributed by atoms with E-state index in [9.17, 15) is 4.79 Å². The second kappa shape index (κ2) is 4.62. The van der Waals surface area contributed by atoms with E-state index in [2.05, 4.69) is 42.0 Å². The Balaban J connectivity index is 1.92. The summed E-state index contributed by atoms with van der Waals surface area (Å²) in [4.78, 5) is 13.2. The summed E-state index contributed by atoms with van der Waals surface area (Å²) in [6.07, 6.45) is 1.96. The molecule has 0 spiro atoms. The van der Waals surface area contributed by atoms with Gasteiger partial charge in [0.2, 0.25) is 5.91 Å². The lowest BCUT2D eigenvalue weighted by Crippen LogP contribution is -2.68. The predicted molar refractivity (Wildman–Crippen MR) is 91.4 cm³/mol. The molecule has 0 aliphatic heterocycles. The molecule has 21 heavy (non-hydrogen) atoms. The first-order valence-corrected chi connectivity index (χ1v) is 8.74. The van der Waals surface area contributed by atoms with Crippen molar-refractivity contribution in [3.05, 3.63) is 28.2 Å². The Labute approximate surface area is 143 Å². The minimum atomic E-state index is -0.382. The van der Waals surface area contributed by atoms with E-state index in [0.717, 1.165) is 12.8 Å². The normalized spacial score (nSPS) is 36.2. The monoisotopic (exact) mass is 389 g/mol. The van der Waals surface area contributed by atoms with Gasteiger partial charge in [-0.15, -0.1) is 0 Å². The minimum absolute atomic E-state index is 0.0357. The zero-order valence-corrected chi connectivity index (χ0v) is 15.4. The number of amides is 1. The lowest BCUT2D eigenvalue weighted by Gasteiger charge is -2.64. The largest absolute Gasteiger partial charge is 0.324 e. The molecule has 0 unspecified atom stereocenters. The van der Waals surface area contributed by atoms with E-state index in [-0.39, 0.29) is 27.0 Å². The third-order valence-electron chi connectivity index (χ3n) is 6.16. The second-order valence-corrected chi connectivity index (χ2v) is 8.71. The van der Waals surface area contributed by atoms with E-state index in [4.69, 9.17) is 23.2 Å². The molecule has 0 heterocycles.